The Morgan fingerprint density at radius 1 is 1.23 bits per heavy atom. The molecule has 0 radical (unpaired) electrons. The van der Waals surface area contributed by atoms with Crippen LogP contribution in [0.1, 0.15) is 50.8 Å². The van der Waals surface area contributed by atoms with Gasteiger partial charge in [-0.05, 0) is 44.9 Å². The highest BCUT2D eigenvalue weighted by molar-refractivity contribution is 5.81. The molecule has 0 saturated heterocycles. The number of para-hydroxylation sites is 2. The van der Waals surface area contributed by atoms with Gasteiger partial charge in [-0.2, -0.15) is 0 Å². The Kier molecular flexibility index (Phi) is 5.21. The minimum absolute atomic E-state index is 0.0861. The van der Waals surface area contributed by atoms with Gasteiger partial charge in [-0.3, -0.25) is 4.79 Å². The zero-order valence-electron chi connectivity index (χ0n) is 15.9. The third kappa shape index (κ3) is 4.01. The monoisotopic (exact) mass is 353 g/mol. The average Bonchev–Trinajstić information content (AvgIpc) is 2.60. The van der Waals surface area contributed by atoms with E-state index in [1.54, 1.807) is 0 Å². The largest absolute Gasteiger partial charge is 0.487 e. The highest BCUT2D eigenvalue weighted by Crippen LogP contribution is 2.39. The van der Waals surface area contributed by atoms with Crippen LogP contribution in [0.25, 0.3) is 0 Å². The standard InChI is InChI=1S/C22H27NO3/c1-5-18(25-19-12-8-6-10-15(19)2)21(24)23-17-14-22(3,4)26-20-13-9-7-11-16(17)20/h6-13,17-18H,5,14H2,1-4H3,(H,23,24)/t17-,18+/m1/s1. The number of amides is 1. The first kappa shape index (κ1) is 18.3. The fourth-order valence-electron chi connectivity index (χ4n) is 3.36. The van der Waals surface area contributed by atoms with Crippen LogP contribution in [-0.4, -0.2) is 17.6 Å². The van der Waals surface area contributed by atoms with Gasteiger partial charge in [-0.1, -0.05) is 43.3 Å². The van der Waals surface area contributed by atoms with Gasteiger partial charge in [-0.25, -0.2) is 0 Å². The molecule has 0 unspecified atom stereocenters. The van der Waals surface area contributed by atoms with E-state index in [1.165, 1.54) is 0 Å². The molecule has 3 rings (SSSR count). The molecule has 2 atom stereocenters. The number of hydrogen-bond donors (Lipinski definition) is 1. The lowest BCUT2D eigenvalue weighted by molar-refractivity contribution is -0.129. The second-order valence-electron chi connectivity index (χ2n) is 7.45. The fraction of sp³-hybridized carbons (Fsp3) is 0.409. The van der Waals surface area contributed by atoms with Crippen molar-refractivity contribution in [3.05, 3.63) is 59.7 Å². The number of rotatable bonds is 5. The van der Waals surface area contributed by atoms with Gasteiger partial charge in [0.25, 0.3) is 5.91 Å². The second-order valence-corrected chi connectivity index (χ2v) is 7.45. The number of hydrogen-bond acceptors (Lipinski definition) is 3. The first-order valence-corrected chi connectivity index (χ1v) is 9.20. The van der Waals surface area contributed by atoms with E-state index < -0.39 is 6.10 Å². The van der Waals surface area contributed by atoms with Crippen molar-refractivity contribution in [3.63, 3.8) is 0 Å². The van der Waals surface area contributed by atoms with Crippen LogP contribution in [-0.2, 0) is 4.79 Å². The maximum Gasteiger partial charge on any atom is 0.261 e. The summed E-state index contributed by atoms with van der Waals surface area (Å²) in [5.41, 5.74) is 1.72. The first-order valence-electron chi connectivity index (χ1n) is 9.20. The third-order valence-corrected chi connectivity index (χ3v) is 4.72. The van der Waals surface area contributed by atoms with Gasteiger partial charge in [0.05, 0.1) is 6.04 Å². The third-order valence-electron chi connectivity index (χ3n) is 4.72. The van der Waals surface area contributed by atoms with Crippen molar-refractivity contribution in [2.45, 2.75) is 58.3 Å². The zero-order valence-corrected chi connectivity index (χ0v) is 15.9. The molecule has 1 amide bonds. The molecule has 1 aliphatic rings. The molecular formula is C22H27NO3. The summed E-state index contributed by atoms with van der Waals surface area (Å²) in [5, 5.41) is 3.18. The number of nitrogens with one attached hydrogen (secondary N) is 1. The van der Waals surface area contributed by atoms with Crippen molar-refractivity contribution in [3.8, 4) is 11.5 Å². The van der Waals surface area contributed by atoms with Gasteiger partial charge < -0.3 is 14.8 Å². The van der Waals surface area contributed by atoms with E-state index >= 15 is 0 Å². The average molecular weight is 353 g/mol. The fourth-order valence-corrected chi connectivity index (χ4v) is 3.36. The van der Waals surface area contributed by atoms with Crippen molar-refractivity contribution >= 4 is 5.91 Å². The Morgan fingerprint density at radius 3 is 2.65 bits per heavy atom. The number of carbonyl (C=O) groups is 1. The summed E-state index contributed by atoms with van der Waals surface area (Å²) in [7, 11) is 0. The van der Waals surface area contributed by atoms with Crippen LogP contribution >= 0.6 is 0 Å². The summed E-state index contributed by atoms with van der Waals surface area (Å²) in [6.45, 7) is 8.04. The summed E-state index contributed by atoms with van der Waals surface area (Å²) in [6, 6.07) is 15.6. The Hall–Kier alpha value is -2.49. The predicted octanol–water partition coefficient (Wildman–Crippen LogP) is 4.57. The molecule has 4 heteroatoms. The molecule has 0 aliphatic carbocycles. The predicted molar refractivity (Wildman–Crippen MR) is 103 cm³/mol. The summed E-state index contributed by atoms with van der Waals surface area (Å²) in [5.74, 6) is 1.50. The molecule has 138 valence electrons. The van der Waals surface area contributed by atoms with Crippen LogP contribution in [0.15, 0.2) is 48.5 Å². The normalized spacial score (nSPS) is 19.0. The van der Waals surface area contributed by atoms with Gasteiger partial charge >= 0.3 is 0 Å². The molecular weight excluding hydrogens is 326 g/mol. The lowest BCUT2D eigenvalue weighted by atomic mass is 9.89. The van der Waals surface area contributed by atoms with Crippen LogP contribution < -0.4 is 14.8 Å². The Morgan fingerprint density at radius 2 is 1.92 bits per heavy atom. The van der Waals surface area contributed by atoms with Gasteiger partial charge in [0, 0.05) is 12.0 Å². The minimum atomic E-state index is -0.519. The number of benzene rings is 2. The van der Waals surface area contributed by atoms with Crippen LogP contribution in [0.4, 0.5) is 0 Å². The number of ether oxygens (including phenoxy) is 2. The molecule has 0 bridgehead atoms. The summed E-state index contributed by atoms with van der Waals surface area (Å²) < 4.78 is 12.0. The summed E-state index contributed by atoms with van der Waals surface area (Å²) in [4.78, 5) is 12.9. The van der Waals surface area contributed by atoms with Crippen LogP contribution in [0.3, 0.4) is 0 Å². The highest BCUT2D eigenvalue weighted by Gasteiger charge is 2.35. The second kappa shape index (κ2) is 7.40. The number of aryl methyl sites for hydroxylation is 1. The molecule has 0 fully saturated rings. The van der Waals surface area contributed by atoms with Crippen LogP contribution in [0.2, 0.25) is 0 Å². The molecule has 1 heterocycles. The van der Waals surface area contributed by atoms with E-state index in [4.69, 9.17) is 9.47 Å². The maximum atomic E-state index is 12.9. The van der Waals surface area contributed by atoms with Crippen LogP contribution in [0.5, 0.6) is 11.5 Å². The topological polar surface area (TPSA) is 47.6 Å². The highest BCUT2D eigenvalue weighted by atomic mass is 16.5. The van der Waals surface area contributed by atoms with E-state index in [-0.39, 0.29) is 17.6 Å². The van der Waals surface area contributed by atoms with Gasteiger partial charge in [0.15, 0.2) is 6.10 Å². The maximum absolute atomic E-state index is 12.9. The van der Waals surface area contributed by atoms with Gasteiger partial charge in [0.2, 0.25) is 0 Å². The van der Waals surface area contributed by atoms with E-state index in [2.05, 4.69) is 5.32 Å². The number of fused-ring (bicyclic) bond motifs is 1. The smallest absolute Gasteiger partial charge is 0.261 e. The minimum Gasteiger partial charge on any atom is -0.487 e. The lowest BCUT2D eigenvalue weighted by Gasteiger charge is -2.38. The lowest BCUT2D eigenvalue weighted by Crippen LogP contribution is -2.45. The van der Waals surface area contributed by atoms with E-state index in [0.717, 1.165) is 29.0 Å². The molecule has 1 N–H and O–H groups in total. The van der Waals surface area contributed by atoms with E-state index in [1.807, 2.05) is 76.2 Å². The molecule has 4 nitrogen and oxygen atoms in total. The Labute approximate surface area is 155 Å². The van der Waals surface area contributed by atoms with Crippen LogP contribution in [0, 0.1) is 6.92 Å². The molecule has 26 heavy (non-hydrogen) atoms. The Balaban J connectivity index is 1.77. The zero-order chi connectivity index (χ0) is 18.7. The molecule has 2 aromatic carbocycles. The van der Waals surface area contributed by atoms with E-state index in [0.29, 0.717) is 6.42 Å². The SMILES string of the molecule is CC[C@H](Oc1ccccc1C)C(=O)N[C@@H]1CC(C)(C)Oc2ccccc21. The van der Waals surface area contributed by atoms with E-state index in [9.17, 15) is 4.79 Å². The van der Waals surface area contributed by atoms with Crippen molar-refractivity contribution in [1.29, 1.82) is 0 Å². The summed E-state index contributed by atoms with van der Waals surface area (Å²) in [6.07, 6.45) is 0.805. The molecule has 0 aromatic heterocycles. The van der Waals surface area contributed by atoms with Gasteiger partial charge in [0.1, 0.15) is 17.1 Å². The van der Waals surface area contributed by atoms with Gasteiger partial charge in [-0.15, -0.1) is 0 Å². The van der Waals surface area contributed by atoms with Crippen molar-refractivity contribution in [2.75, 3.05) is 0 Å². The molecule has 0 saturated carbocycles. The molecule has 2 aromatic rings. The summed E-state index contributed by atoms with van der Waals surface area (Å²) >= 11 is 0. The quantitative estimate of drug-likeness (QED) is 0.856. The van der Waals surface area contributed by atoms with Crippen molar-refractivity contribution < 1.29 is 14.3 Å². The van der Waals surface area contributed by atoms with Crippen molar-refractivity contribution in [1.82, 2.24) is 5.32 Å². The molecule has 0 spiro atoms. The first-order chi connectivity index (χ1) is 12.4. The number of carbonyl (C=O) groups excluding carboxylic acids is 1. The molecule has 1 aliphatic heterocycles. The van der Waals surface area contributed by atoms with Crippen molar-refractivity contribution in [2.24, 2.45) is 0 Å². The Bertz CT molecular complexity index is 784.